The van der Waals surface area contributed by atoms with Gasteiger partial charge in [-0.2, -0.15) is 0 Å². The Morgan fingerprint density at radius 1 is 1.44 bits per heavy atom. The van der Waals surface area contributed by atoms with Crippen LogP contribution in [0.4, 0.5) is 0 Å². The number of carbonyl (C=O) groups excluding carboxylic acids is 1. The number of piperidine rings is 1. The van der Waals surface area contributed by atoms with Crippen LogP contribution in [0.15, 0.2) is 0 Å². The molecule has 0 N–H and O–H groups in total. The van der Waals surface area contributed by atoms with Gasteiger partial charge < -0.3 is 14.3 Å². The first-order valence-corrected chi connectivity index (χ1v) is 7.16. The minimum absolute atomic E-state index is 0.174. The van der Waals surface area contributed by atoms with Crippen molar-refractivity contribution in [1.82, 2.24) is 4.90 Å². The van der Waals surface area contributed by atoms with Crippen molar-refractivity contribution in [3.8, 4) is 0 Å². The quantitative estimate of drug-likeness (QED) is 0.698. The van der Waals surface area contributed by atoms with Crippen LogP contribution in [0.2, 0.25) is 0 Å². The Morgan fingerprint density at radius 3 is 2.89 bits per heavy atom. The van der Waals surface area contributed by atoms with E-state index < -0.39 is 0 Å². The Morgan fingerprint density at radius 2 is 2.22 bits per heavy atom. The molecule has 2 saturated heterocycles. The highest BCUT2D eigenvalue weighted by Crippen LogP contribution is 2.30. The molecule has 2 fully saturated rings. The second kappa shape index (κ2) is 6.64. The molecular formula is C14H25NO3. The van der Waals surface area contributed by atoms with Gasteiger partial charge in [-0.3, -0.25) is 4.90 Å². The van der Waals surface area contributed by atoms with Gasteiger partial charge in [-0.1, -0.05) is 0 Å². The lowest BCUT2D eigenvalue weighted by Crippen LogP contribution is -2.48. The summed E-state index contributed by atoms with van der Waals surface area (Å²) >= 11 is 0. The van der Waals surface area contributed by atoms with Gasteiger partial charge in [0.25, 0.3) is 0 Å². The van der Waals surface area contributed by atoms with Crippen LogP contribution in [0.3, 0.4) is 0 Å². The molecule has 2 heterocycles. The van der Waals surface area contributed by atoms with E-state index in [1.54, 1.807) is 0 Å². The van der Waals surface area contributed by atoms with Crippen LogP contribution in [0.1, 0.15) is 32.6 Å². The number of rotatable bonds is 5. The van der Waals surface area contributed by atoms with Crippen LogP contribution < -0.4 is 0 Å². The molecule has 2 rings (SSSR count). The zero-order valence-electron chi connectivity index (χ0n) is 11.4. The number of carbonyl (C=O) groups is 1. The summed E-state index contributed by atoms with van der Waals surface area (Å²) in [6, 6.07) is 0. The maximum absolute atomic E-state index is 11.4. The third kappa shape index (κ3) is 3.53. The third-order valence-corrected chi connectivity index (χ3v) is 4.14. The molecular weight excluding hydrogens is 230 g/mol. The fraction of sp³-hybridized carbons (Fsp3) is 0.929. The molecule has 0 amide bonds. The van der Waals surface area contributed by atoms with E-state index >= 15 is 0 Å². The van der Waals surface area contributed by atoms with Crippen molar-refractivity contribution in [3.63, 3.8) is 0 Å². The molecule has 1 atom stereocenters. The van der Waals surface area contributed by atoms with Gasteiger partial charge in [-0.15, -0.1) is 0 Å². The second-order valence-electron chi connectivity index (χ2n) is 5.55. The molecule has 2 aliphatic rings. The van der Waals surface area contributed by atoms with Gasteiger partial charge in [0.1, 0.15) is 6.29 Å². The molecule has 0 aromatic heterocycles. The first kappa shape index (κ1) is 14.0. The van der Waals surface area contributed by atoms with Gasteiger partial charge in [0.2, 0.25) is 0 Å². The second-order valence-corrected chi connectivity index (χ2v) is 5.55. The van der Waals surface area contributed by atoms with E-state index in [0.717, 1.165) is 58.7 Å². The van der Waals surface area contributed by atoms with Gasteiger partial charge >= 0.3 is 0 Å². The maximum Gasteiger partial charge on any atom is 0.127 e. The molecule has 0 spiro atoms. The Bertz CT molecular complexity index is 262. The zero-order valence-corrected chi connectivity index (χ0v) is 11.4. The predicted molar refractivity (Wildman–Crippen MR) is 69.6 cm³/mol. The molecule has 0 radical (unpaired) electrons. The predicted octanol–water partition coefficient (Wildman–Crippen LogP) is 1.48. The average molecular weight is 255 g/mol. The summed E-state index contributed by atoms with van der Waals surface area (Å²) in [6.07, 6.45) is 5.59. The van der Waals surface area contributed by atoms with Crippen molar-refractivity contribution in [3.05, 3.63) is 0 Å². The minimum Gasteiger partial charge on any atom is -0.381 e. The summed E-state index contributed by atoms with van der Waals surface area (Å²) in [6.45, 7) is 7.23. The highest BCUT2D eigenvalue weighted by atomic mass is 16.5. The summed E-state index contributed by atoms with van der Waals surface area (Å²) in [4.78, 5) is 13.9. The van der Waals surface area contributed by atoms with Crippen molar-refractivity contribution >= 4 is 6.29 Å². The van der Waals surface area contributed by atoms with Crippen molar-refractivity contribution in [1.29, 1.82) is 0 Å². The normalized spacial score (nSPS) is 29.1. The highest BCUT2D eigenvalue weighted by Gasteiger charge is 2.35. The molecule has 0 aromatic carbocycles. The van der Waals surface area contributed by atoms with Crippen molar-refractivity contribution < 1.29 is 14.3 Å². The lowest BCUT2D eigenvalue weighted by Gasteiger charge is -2.40. The zero-order chi connectivity index (χ0) is 12.8. The van der Waals surface area contributed by atoms with E-state index in [4.69, 9.17) is 9.47 Å². The number of hydrogen-bond donors (Lipinski definition) is 0. The molecule has 2 aliphatic heterocycles. The third-order valence-electron chi connectivity index (χ3n) is 4.14. The molecule has 0 aromatic rings. The molecule has 4 nitrogen and oxygen atoms in total. The SMILES string of the molecule is CCOC1CCCN(CC2(C=O)CCOCC2)C1. The Balaban J connectivity index is 1.88. The summed E-state index contributed by atoms with van der Waals surface area (Å²) < 4.78 is 11.1. The Labute approximate surface area is 110 Å². The highest BCUT2D eigenvalue weighted by molar-refractivity contribution is 5.60. The van der Waals surface area contributed by atoms with Crippen LogP contribution in [-0.4, -0.2) is 56.7 Å². The van der Waals surface area contributed by atoms with Gasteiger partial charge in [-0.05, 0) is 39.2 Å². The Kier molecular flexibility index (Phi) is 5.15. The van der Waals surface area contributed by atoms with E-state index in [1.807, 2.05) is 6.92 Å². The summed E-state index contributed by atoms with van der Waals surface area (Å²) in [5.41, 5.74) is -0.174. The van der Waals surface area contributed by atoms with E-state index in [9.17, 15) is 4.79 Å². The first-order valence-electron chi connectivity index (χ1n) is 7.16. The minimum atomic E-state index is -0.174. The van der Waals surface area contributed by atoms with E-state index in [0.29, 0.717) is 6.10 Å². The largest absolute Gasteiger partial charge is 0.381 e. The van der Waals surface area contributed by atoms with E-state index in [-0.39, 0.29) is 5.41 Å². The maximum atomic E-state index is 11.4. The number of ether oxygens (including phenoxy) is 2. The van der Waals surface area contributed by atoms with Gasteiger partial charge in [0.05, 0.1) is 6.10 Å². The summed E-state index contributed by atoms with van der Waals surface area (Å²) in [7, 11) is 0. The monoisotopic (exact) mass is 255 g/mol. The molecule has 4 heteroatoms. The van der Waals surface area contributed by atoms with Crippen LogP contribution >= 0.6 is 0 Å². The molecule has 1 unspecified atom stereocenters. The summed E-state index contributed by atoms with van der Waals surface area (Å²) in [5, 5.41) is 0. The smallest absolute Gasteiger partial charge is 0.127 e. The standard InChI is InChI=1S/C14H25NO3/c1-2-18-13-4-3-7-15(10-13)11-14(12-16)5-8-17-9-6-14/h12-13H,2-11H2,1H3. The van der Waals surface area contributed by atoms with Gasteiger partial charge in [0, 0.05) is 38.3 Å². The van der Waals surface area contributed by atoms with Crippen LogP contribution in [0.25, 0.3) is 0 Å². The van der Waals surface area contributed by atoms with Gasteiger partial charge in [0.15, 0.2) is 0 Å². The van der Waals surface area contributed by atoms with Crippen LogP contribution in [-0.2, 0) is 14.3 Å². The Hall–Kier alpha value is -0.450. The lowest BCUT2D eigenvalue weighted by atomic mass is 9.81. The average Bonchev–Trinajstić information content (AvgIpc) is 2.41. The molecule has 104 valence electrons. The lowest BCUT2D eigenvalue weighted by molar-refractivity contribution is -0.124. The van der Waals surface area contributed by atoms with Crippen LogP contribution in [0.5, 0.6) is 0 Å². The van der Waals surface area contributed by atoms with Crippen molar-refractivity contribution in [2.45, 2.75) is 38.7 Å². The van der Waals surface area contributed by atoms with E-state index in [1.165, 1.54) is 12.7 Å². The number of hydrogen-bond acceptors (Lipinski definition) is 4. The number of nitrogens with zero attached hydrogens (tertiary/aromatic N) is 1. The van der Waals surface area contributed by atoms with E-state index in [2.05, 4.69) is 4.90 Å². The van der Waals surface area contributed by atoms with Crippen LogP contribution in [0, 0.1) is 5.41 Å². The topological polar surface area (TPSA) is 38.8 Å². The number of aldehydes is 1. The van der Waals surface area contributed by atoms with Crippen molar-refractivity contribution in [2.75, 3.05) is 39.5 Å². The summed E-state index contributed by atoms with van der Waals surface area (Å²) in [5.74, 6) is 0. The molecule has 0 aliphatic carbocycles. The fourth-order valence-corrected chi connectivity index (χ4v) is 3.06. The van der Waals surface area contributed by atoms with Gasteiger partial charge in [-0.25, -0.2) is 0 Å². The molecule has 0 saturated carbocycles. The van der Waals surface area contributed by atoms with Crippen molar-refractivity contribution in [2.24, 2.45) is 5.41 Å². The number of likely N-dealkylation sites (tertiary alicyclic amines) is 1. The molecule has 18 heavy (non-hydrogen) atoms. The first-order chi connectivity index (χ1) is 8.78. The fourth-order valence-electron chi connectivity index (χ4n) is 3.06. The molecule has 0 bridgehead atoms.